The highest BCUT2D eigenvalue weighted by molar-refractivity contribution is 6.11. The van der Waals surface area contributed by atoms with E-state index in [1.165, 1.54) is 217 Å². The van der Waals surface area contributed by atoms with E-state index >= 15 is 0 Å². The van der Waals surface area contributed by atoms with Crippen LogP contribution in [0, 0.1) is 215 Å². The van der Waals surface area contributed by atoms with E-state index < -0.39 is 5.60 Å². The molecule has 24 fully saturated rings. The Labute approximate surface area is 809 Å². The molecule has 0 aromatic rings. The van der Waals surface area contributed by atoms with E-state index in [1.54, 1.807) is 11.1 Å². The van der Waals surface area contributed by atoms with E-state index in [9.17, 15) is 43.8 Å². The number of ketones is 7. The number of aliphatic hydroxyl groups is 2. The Bertz CT molecular complexity index is 4360. The molecule has 20 unspecified atom stereocenters. The first-order valence-corrected chi connectivity index (χ1v) is 57.9. The highest BCUT2D eigenvalue weighted by Crippen LogP contribution is 2.71. The van der Waals surface area contributed by atoms with Crippen molar-refractivity contribution in [3.63, 3.8) is 0 Å². The van der Waals surface area contributed by atoms with Gasteiger partial charge in [0.15, 0.2) is 5.78 Å². The van der Waals surface area contributed by atoms with Gasteiger partial charge in [0, 0.05) is 86.1 Å². The molecule has 738 valence electrons. The number of rotatable bonds is 1. The monoisotopic (exact) mass is 1820 g/mol. The highest BCUT2D eigenvalue weighted by atomic mass is 16.5. The van der Waals surface area contributed by atoms with Gasteiger partial charge in [-0.25, -0.2) is 0 Å². The van der Waals surface area contributed by atoms with Crippen LogP contribution in [-0.2, 0) is 38.3 Å². The molecule has 11 heteroatoms. The summed E-state index contributed by atoms with van der Waals surface area (Å²) >= 11 is 0. The zero-order chi connectivity index (χ0) is 93.6. The van der Waals surface area contributed by atoms with E-state index in [2.05, 4.69) is 88.3 Å². The van der Waals surface area contributed by atoms with Crippen LogP contribution in [0.2, 0.25) is 0 Å². The largest absolute Gasteiger partial charge is 0.390 e. The van der Waals surface area contributed by atoms with Crippen molar-refractivity contribution in [2.45, 2.75) is 460 Å². The molecule has 2 radical (unpaired) electrons. The van der Waals surface area contributed by atoms with Gasteiger partial charge in [0.1, 0.15) is 42.5 Å². The Morgan fingerprint density at radius 2 is 0.699 bits per heavy atom. The van der Waals surface area contributed by atoms with Gasteiger partial charge in [0.2, 0.25) is 0 Å². The lowest BCUT2D eigenvalue weighted by molar-refractivity contribution is -0.135. The van der Waals surface area contributed by atoms with Crippen LogP contribution in [0.1, 0.15) is 443 Å². The molecular formula is C122H187BO10. The predicted octanol–water partition coefficient (Wildman–Crippen LogP) is 28.1. The first-order chi connectivity index (χ1) is 63.4. The predicted molar refractivity (Wildman–Crippen MR) is 534 cm³/mol. The van der Waals surface area contributed by atoms with Gasteiger partial charge in [0.25, 0.3) is 0 Å². The van der Waals surface area contributed by atoms with Gasteiger partial charge in [-0.2, -0.15) is 0 Å². The first-order valence-electron chi connectivity index (χ1n) is 57.9. The molecule has 0 spiro atoms. The summed E-state index contributed by atoms with van der Waals surface area (Å²) in [6, 6.07) is 0.0463. The molecule has 0 bridgehead atoms. The van der Waals surface area contributed by atoms with Crippen LogP contribution in [0.15, 0.2) is 34.9 Å². The van der Waals surface area contributed by atoms with Crippen LogP contribution in [0.25, 0.3) is 0 Å². The fourth-order valence-corrected chi connectivity index (χ4v) is 42.2. The zero-order valence-corrected chi connectivity index (χ0v) is 86.5. The Morgan fingerprint density at radius 1 is 0.338 bits per heavy atom. The maximum atomic E-state index is 12.4. The van der Waals surface area contributed by atoms with Crippen molar-refractivity contribution in [2.75, 3.05) is 6.61 Å². The minimum atomic E-state index is -0.412. The summed E-state index contributed by atoms with van der Waals surface area (Å²) < 4.78 is 4.93. The van der Waals surface area contributed by atoms with Crippen LogP contribution in [-0.4, -0.2) is 82.4 Å². The molecule has 0 aromatic carbocycles. The van der Waals surface area contributed by atoms with E-state index in [0.29, 0.717) is 91.7 Å². The second-order valence-corrected chi connectivity index (χ2v) is 55.1. The molecule has 1 aliphatic heterocycles. The van der Waals surface area contributed by atoms with Gasteiger partial charge >= 0.3 is 0 Å². The lowest BCUT2D eigenvalue weighted by Crippen LogP contribution is -2.50. The van der Waals surface area contributed by atoms with Gasteiger partial charge in [-0.1, -0.05) is 84.3 Å². The number of carbonyl (C=O) groups excluding carboxylic acids is 7. The van der Waals surface area contributed by atoms with Crippen LogP contribution in [0.5, 0.6) is 0 Å². The molecule has 39 atom stereocenters. The summed E-state index contributed by atoms with van der Waals surface area (Å²) in [5, 5.41) is 20.9. The van der Waals surface area contributed by atoms with Crippen LogP contribution in [0.4, 0.5) is 0 Å². The Morgan fingerprint density at radius 3 is 1.11 bits per heavy atom. The summed E-state index contributed by atoms with van der Waals surface area (Å²) in [4.78, 5) is 84.2. The molecule has 2 N–H and O–H groups in total. The molecule has 0 amide bonds. The molecule has 133 heavy (non-hydrogen) atoms. The third-order valence-corrected chi connectivity index (χ3v) is 48.8. The van der Waals surface area contributed by atoms with Crippen molar-refractivity contribution >= 4 is 48.3 Å². The standard InChI is InChI=1S/C21H34O2.C21H34O.C20H32O.C20H30O.C18H26O2.C18H24O2.C4H7BO/c1-13(22)18-6-7-19-17-5-4-14-12-20(2,23)10-8-15(14)16(17)9-11-21(18,19)3;1-4-15-6-8-19-18-7-5-14-13-20(2,22)11-9-16(14)17(18)10-12-21(15,19)3;1-19(2)10-8-14-13(12-19)4-5-16-15(14)9-11-20(3)17(16)6-7-18(20)21;1-3-14-5-9-19-18-7-4-13-12-15(21)6-8-16(13)17(18)10-11-20(14,19)2;2*1-18-9-8-14-13-5-3-12(19)10-11(13)2-4-15(14)16(18)6-7-17(18)20;5-4-2-1-3-6-4/h14-19,23H,4-12H2,1-3H3;4,14,16-19,22H,5-13H2,1-3H3;13-17H,4-12H2,1-3H3;3,13,16-19H,4-12H2,1-2H3;11,13-16H,2-10H2,1H3;10,13-16H,2-9H2,1H3;4H,1-3H2/t14?,15-,16?,17?,18+,19?,20+,21+;14-,16+,17?,18?,19?,20-,21-;13-,14+,15?,16?,17?,20+;13-,16+,17?,18?,19?,20-;11-,13+,14?,15?,16?,18+;13-,14?,15?,16?,18-;/m011110./s1. The Balaban J connectivity index is 0.000000102. The number of fused-ring (bicyclic) bond motifs is 30. The molecule has 24 aliphatic carbocycles. The maximum absolute atomic E-state index is 12.4. The van der Waals surface area contributed by atoms with E-state index in [4.69, 9.17) is 12.6 Å². The SMILES string of the molecule is CC(=O)[C@H]1CCC2C3CCC4C[C@](C)(O)CC[C@@H]4C3CC[C@@]21C.CC1(C)CC[C@@H]2C3CC[C@]4(C)C(=O)CCC4C3CC[C@@H]2C1.CC=C1CCC2C3CC[C@@H]4CC(=O)CC[C@@H]4C3CC[C@]12C.CC=C1CCC2C3CC[C@@H]4C[C@](C)(O)CC[C@@H]4C3CC[C@]12C.C[C@]12CCC3C(CCC4=CC(=O)CC[C@@H]43)C1CCC2=O.C[C@]12CCC3C(CC[C@@H]4CC(=O)CC[C@H]34)C1CCC2=O.[B]C1CCCO1. The van der Waals surface area contributed by atoms with E-state index in [0.717, 1.165) is 296 Å². The molecule has 10 nitrogen and oxygen atoms in total. The summed E-state index contributed by atoms with van der Waals surface area (Å²) in [6.07, 6.45) is 73.3. The summed E-state index contributed by atoms with van der Waals surface area (Å²) in [6.45, 7) is 30.6. The number of ether oxygens (including phenoxy) is 1. The number of Topliss-reactive ketones (excluding diaryl/α,β-unsaturated/α-hetero) is 6. The van der Waals surface area contributed by atoms with Gasteiger partial charge in [-0.05, 0) is 536 Å². The van der Waals surface area contributed by atoms with Gasteiger partial charge in [-0.15, -0.1) is 0 Å². The number of hydrogen-bond acceptors (Lipinski definition) is 10. The molecule has 25 aliphatic rings. The minimum Gasteiger partial charge on any atom is -0.390 e. The zero-order valence-electron chi connectivity index (χ0n) is 86.5. The minimum absolute atomic E-state index is 0.00707. The molecule has 25 rings (SSSR count). The van der Waals surface area contributed by atoms with Crippen molar-refractivity contribution < 1.29 is 48.5 Å². The average Bonchev–Trinajstić information content (AvgIpc) is 1.70. The third kappa shape index (κ3) is 18.4. The van der Waals surface area contributed by atoms with Crippen molar-refractivity contribution in [3.8, 4) is 0 Å². The second kappa shape index (κ2) is 38.5. The first kappa shape index (κ1) is 98.6. The molecule has 1 saturated heterocycles. The molecular weight excluding hydrogens is 1640 g/mol. The van der Waals surface area contributed by atoms with Crippen LogP contribution in [0.3, 0.4) is 0 Å². The normalized spacial score (nSPS) is 51.7. The highest BCUT2D eigenvalue weighted by Gasteiger charge is 2.65. The number of hydrogen-bond donors (Lipinski definition) is 2. The number of allylic oxidation sites excluding steroid dienone is 5. The topological polar surface area (TPSA) is 169 Å². The van der Waals surface area contributed by atoms with E-state index in [-0.39, 0.29) is 27.8 Å². The number of carbonyl (C=O) groups is 7. The lowest BCUT2D eigenvalue weighted by atomic mass is 9.49. The van der Waals surface area contributed by atoms with Crippen molar-refractivity contribution in [1.29, 1.82) is 0 Å². The van der Waals surface area contributed by atoms with Gasteiger partial charge < -0.3 is 14.9 Å². The van der Waals surface area contributed by atoms with Gasteiger partial charge in [-0.3, -0.25) is 33.6 Å². The van der Waals surface area contributed by atoms with Crippen LogP contribution >= 0.6 is 0 Å². The van der Waals surface area contributed by atoms with Crippen LogP contribution < -0.4 is 0 Å². The smallest absolute Gasteiger partial charge is 0.155 e. The van der Waals surface area contributed by atoms with Gasteiger partial charge in [0.05, 0.1) is 11.2 Å². The summed E-state index contributed by atoms with van der Waals surface area (Å²) in [7, 11) is 5.31. The second-order valence-electron chi connectivity index (χ2n) is 55.1. The molecule has 1 heterocycles. The summed E-state index contributed by atoms with van der Waals surface area (Å²) in [5.41, 5.74) is 6.18. The maximum Gasteiger partial charge on any atom is 0.155 e. The van der Waals surface area contributed by atoms with Crippen molar-refractivity contribution in [2.24, 2.45) is 215 Å². The van der Waals surface area contributed by atoms with Crippen molar-refractivity contribution in [3.05, 3.63) is 34.9 Å². The fraction of sp³-hybridized carbons (Fsp3) is 0.893. The Kier molecular flexibility index (Phi) is 28.6. The molecule has 23 saturated carbocycles. The van der Waals surface area contributed by atoms with Crippen molar-refractivity contribution in [1.82, 2.24) is 0 Å². The molecule has 0 aromatic heterocycles. The lowest BCUT2D eigenvalue weighted by Gasteiger charge is -2.56. The summed E-state index contributed by atoms with van der Waals surface area (Å²) in [5.74, 6) is 28.3. The van der Waals surface area contributed by atoms with E-state index in [1.807, 2.05) is 19.9 Å². The Hall–Kier alpha value is -3.15. The fourth-order valence-electron chi connectivity index (χ4n) is 42.2. The average molecular weight is 1820 g/mol. The quantitative estimate of drug-likeness (QED) is 0.190. The third-order valence-electron chi connectivity index (χ3n) is 48.8.